The first-order chi connectivity index (χ1) is 64.9. The lowest BCUT2D eigenvalue weighted by atomic mass is 9.79. The fraction of sp³-hybridized carbons (Fsp3) is 0.134. The quantitative estimate of drug-likeness (QED) is 0.105. The van der Waals surface area contributed by atoms with Gasteiger partial charge in [-0.05, 0) is 438 Å². The van der Waals surface area contributed by atoms with Gasteiger partial charge in [0.2, 0.25) is 0 Å². The average Bonchev–Trinajstić information content (AvgIpc) is 1.60. The third kappa shape index (κ3) is 9.54. The van der Waals surface area contributed by atoms with Crippen LogP contribution in [0.15, 0.2) is 352 Å². The van der Waals surface area contributed by atoms with Crippen LogP contribution in [0.25, 0.3) is 250 Å². The number of hydrogen-bond acceptors (Lipinski definition) is 0. The summed E-state index contributed by atoms with van der Waals surface area (Å²) in [6, 6.07) is 136. The maximum absolute atomic E-state index is 2.52. The molecule has 0 atom stereocenters. The van der Waals surface area contributed by atoms with Crippen molar-refractivity contribution >= 4 is 183 Å². The van der Waals surface area contributed by atoms with E-state index in [2.05, 4.69) is 435 Å². The Hall–Kier alpha value is -15.1. The minimum absolute atomic E-state index is 0.00812. The first-order valence-electron chi connectivity index (χ1n) is 48.4. The Morgan fingerprint density at radius 3 is 0.642 bits per heavy atom. The zero-order valence-electron chi connectivity index (χ0n) is 77.5. The molecule has 0 bridgehead atoms. The smallest absolute Gasteiger partial charge is 0.0159 e. The van der Waals surface area contributed by atoms with Crippen LogP contribution in [0, 0.1) is 0 Å². The SMILES string of the molecule is CC1(C)c2cc3cc4ccccc4cc3cc2-c2c1cc1ccc3c4c(cc5ccc2c1c53)C(C)(C)c1cc2cc3ccccc3cc2cc1-4.CC1(C)c2cc3ccccc3cc2-c2c1cc1ccc3c4c(cc5ccc2c1c53)C(C)(C)c1ccc2ccccc2c1-4.CC1(C)c2ccccc2-c2c1cc1ccc3c4c(cc5ccc2c1c53)C(C)(C)c1cc2cc3ccccc3cc2cc1-4. The first-order valence-corrected chi connectivity index (χ1v) is 48.4. The Bertz CT molecular complexity index is 9780. The zero-order chi connectivity index (χ0) is 89.5. The predicted octanol–water partition coefficient (Wildman–Crippen LogP) is 36.8. The van der Waals surface area contributed by atoms with Crippen molar-refractivity contribution in [3.8, 4) is 66.8 Å². The summed E-state index contributed by atoms with van der Waals surface area (Å²) in [5.74, 6) is 0. The summed E-state index contributed by atoms with van der Waals surface area (Å²) < 4.78 is 0. The first kappa shape index (κ1) is 75.6. The van der Waals surface area contributed by atoms with Gasteiger partial charge in [0.25, 0.3) is 0 Å². The molecule has 0 heterocycles. The van der Waals surface area contributed by atoms with E-state index in [-0.39, 0.29) is 32.5 Å². The summed E-state index contributed by atoms with van der Waals surface area (Å²) in [4.78, 5) is 0. The van der Waals surface area contributed by atoms with Crippen molar-refractivity contribution in [2.24, 2.45) is 0 Å². The van der Waals surface area contributed by atoms with Crippen LogP contribution in [0.3, 0.4) is 0 Å². The van der Waals surface area contributed by atoms with Gasteiger partial charge in [0.15, 0.2) is 0 Å². The van der Waals surface area contributed by atoms with Gasteiger partial charge >= 0.3 is 0 Å². The van der Waals surface area contributed by atoms with Gasteiger partial charge in [-0.1, -0.05) is 314 Å². The molecule has 0 nitrogen and oxygen atoms in total. The van der Waals surface area contributed by atoms with Gasteiger partial charge in [-0.25, -0.2) is 0 Å². The molecule has 0 fully saturated rings. The molecule has 6 aliphatic carbocycles. The predicted molar refractivity (Wildman–Crippen MR) is 576 cm³/mol. The lowest BCUT2D eigenvalue weighted by Crippen LogP contribution is -2.15. The van der Waals surface area contributed by atoms with Crippen molar-refractivity contribution in [2.45, 2.75) is 116 Å². The van der Waals surface area contributed by atoms with E-state index in [0.29, 0.717) is 0 Å². The van der Waals surface area contributed by atoms with E-state index in [1.54, 1.807) is 0 Å². The summed E-state index contributed by atoms with van der Waals surface area (Å²) in [7, 11) is 0. The van der Waals surface area contributed by atoms with Gasteiger partial charge < -0.3 is 0 Å². The van der Waals surface area contributed by atoms with E-state index < -0.39 is 0 Å². The van der Waals surface area contributed by atoms with Crippen LogP contribution in [-0.4, -0.2) is 0 Å². The molecule has 6 aliphatic rings. The van der Waals surface area contributed by atoms with Crippen molar-refractivity contribution in [1.29, 1.82) is 0 Å². The van der Waals surface area contributed by atoms with Crippen molar-refractivity contribution in [3.05, 3.63) is 419 Å². The molecular formula is C134H94. The molecule has 0 unspecified atom stereocenters. The average molecular weight is 1700 g/mol. The molecule has 0 saturated carbocycles. The monoisotopic (exact) mass is 1700 g/mol. The summed E-state index contributed by atoms with van der Waals surface area (Å²) in [6.07, 6.45) is 0. The molecule has 26 aromatic rings. The molecule has 134 heavy (non-hydrogen) atoms. The Morgan fingerprint density at radius 2 is 0.313 bits per heavy atom. The van der Waals surface area contributed by atoms with Crippen LogP contribution in [0.4, 0.5) is 0 Å². The molecule has 32 rings (SSSR count). The highest BCUT2D eigenvalue weighted by atomic mass is 14.5. The second-order valence-electron chi connectivity index (χ2n) is 43.6. The zero-order valence-corrected chi connectivity index (χ0v) is 77.5. The van der Waals surface area contributed by atoms with Crippen LogP contribution >= 0.6 is 0 Å². The van der Waals surface area contributed by atoms with E-state index in [1.165, 1.54) is 317 Å². The topological polar surface area (TPSA) is 0 Å². The highest BCUT2D eigenvalue weighted by Crippen LogP contribution is 2.64. The summed E-state index contributed by atoms with van der Waals surface area (Å²) in [5.41, 5.74) is 33.8. The molecule has 0 radical (unpaired) electrons. The minimum Gasteiger partial charge on any atom is -0.0619 e. The van der Waals surface area contributed by atoms with E-state index in [9.17, 15) is 0 Å². The van der Waals surface area contributed by atoms with Gasteiger partial charge in [-0.2, -0.15) is 0 Å². The fourth-order valence-corrected chi connectivity index (χ4v) is 27.8. The largest absolute Gasteiger partial charge is 0.0619 e. The molecule has 0 aromatic heterocycles. The minimum atomic E-state index is -0.0929. The number of benzene rings is 26. The van der Waals surface area contributed by atoms with Crippen molar-refractivity contribution in [1.82, 2.24) is 0 Å². The molecular weight excluding hydrogens is 1610 g/mol. The standard InChI is InChI=1S/C50H34.2C42H30/c1-49(2)41-25-35-19-29-11-7-5-9-27(29)17-33(35)21-39(41)47-37-15-14-32-24-44-48(38-16-13-31(23-43(47)49)45(37)46(32)38)40-22-34-18-28-10-6-8-12-30(28)20-36(34)26-42(40)50(44,3)4;1-41(2)32-18-15-23-9-7-8-12-28(23)39(32)40-30-17-14-26-21-34-38(29-16-13-27(22-35(40)41)37(30)36(26)29)31-19-24-10-5-6-11-25(24)20-33(31)42(34,3)4;1-41(2)33-12-8-7-11-29(33)39-30-15-13-26-21-36-40(31-16-14-25(20-35(39)41)37(30)38(26)31)32-19-27-17-23-9-5-6-10-24(23)18-28(27)22-34(32)42(36,3)4/h5-26H,1-4H3;2*5-22H,1-4H3. The summed E-state index contributed by atoms with van der Waals surface area (Å²) >= 11 is 0. The molecule has 26 aromatic carbocycles. The molecule has 0 amide bonds. The highest BCUT2D eigenvalue weighted by Gasteiger charge is 2.46. The van der Waals surface area contributed by atoms with Crippen molar-refractivity contribution in [2.75, 3.05) is 0 Å². The van der Waals surface area contributed by atoms with E-state index >= 15 is 0 Å². The van der Waals surface area contributed by atoms with Gasteiger partial charge in [0.1, 0.15) is 0 Å². The van der Waals surface area contributed by atoms with E-state index in [0.717, 1.165) is 0 Å². The third-order valence-electron chi connectivity index (χ3n) is 34.6. The molecule has 0 heteroatoms. The lowest BCUT2D eigenvalue weighted by molar-refractivity contribution is 0.661. The Balaban J connectivity index is 0.0000000965. The molecule has 0 spiro atoms. The third-order valence-corrected chi connectivity index (χ3v) is 34.6. The van der Waals surface area contributed by atoms with Crippen LogP contribution in [0.2, 0.25) is 0 Å². The van der Waals surface area contributed by atoms with Crippen LogP contribution in [-0.2, 0) is 32.5 Å². The lowest BCUT2D eigenvalue weighted by Gasteiger charge is -2.24. The number of rotatable bonds is 0. The highest BCUT2D eigenvalue weighted by molar-refractivity contribution is 6.34. The van der Waals surface area contributed by atoms with Crippen LogP contribution < -0.4 is 0 Å². The van der Waals surface area contributed by atoms with Gasteiger partial charge in [-0.3, -0.25) is 0 Å². The van der Waals surface area contributed by atoms with Crippen LogP contribution in [0.5, 0.6) is 0 Å². The van der Waals surface area contributed by atoms with E-state index in [1.807, 2.05) is 0 Å². The molecule has 0 aliphatic heterocycles. The second kappa shape index (κ2) is 25.2. The maximum Gasteiger partial charge on any atom is 0.0159 e. The molecule has 0 N–H and O–H groups in total. The number of fused-ring (bicyclic) bond motifs is 33. The Morgan fingerprint density at radius 1 is 0.112 bits per heavy atom. The van der Waals surface area contributed by atoms with Crippen molar-refractivity contribution in [3.63, 3.8) is 0 Å². The Kier molecular flexibility index (Phi) is 14.2. The molecule has 0 saturated heterocycles. The van der Waals surface area contributed by atoms with E-state index in [4.69, 9.17) is 0 Å². The second-order valence-corrected chi connectivity index (χ2v) is 43.6. The maximum atomic E-state index is 2.52. The Labute approximate surface area is 778 Å². The number of hydrogen-bond donors (Lipinski definition) is 0. The summed E-state index contributed by atoms with van der Waals surface area (Å²) in [5, 5.41) is 45.9. The normalized spacial score (nSPS) is 15.8. The van der Waals surface area contributed by atoms with Gasteiger partial charge in [-0.15, -0.1) is 0 Å². The fourth-order valence-electron chi connectivity index (χ4n) is 27.8. The van der Waals surface area contributed by atoms with Crippen LogP contribution in [0.1, 0.15) is 150 Å². The van der Waals surface area contributed by atoms with Gasteiger partial charge in [0, 0.05) is 32.5 Å². The summed E-state index contributed by atoms with van der Waals surface area (Å²) in [6.45, 7) is 28.9. The molecule has 630 valence electrons. The van der Waals surface area contributed by atoms with Crippen molar-refractivity contribution < 1.29 is 0 Å². The van der Waals surface area contributed by atoms with Gasteiger partial charge in [0.05, 0.1) is 0 Å².